The van der Waals surface area contributed by atoms with Crippen LogP contribution in [0.3, 0.4) is 0 Å². The average molecular weight is 303 g/mol. The summed E-state index contributed by atoms with van der Waals surface area (Å²) in [6.07, 6.45) is 0. The molecule has 1 aromatic carbocycles. The van der Waals surface area contributed by atoms with E-state index in [1.54, 1.807) is 13.8 Å². The number of nitrogens with one attached hydrogen (secondary N) is 2. The van der Waals surface area contributed by atoms with Gasteiger partial charge in [0.05, 0.1) is 5.02 Å². The van der Waals surface area contributed by atoms with E-state index in [-0.39, 0.29) is 23.3 Å². The van der Waals surface area contributed by atoms with E-state index < -0.39 is 17.8 Å². The van der Waals surface area contributed by atoms with E-state index in [1.165, 1.54) is 12.1 Å². The highest BCUT2D eigenvalue weighted by molar-refractivity contribution is 6.30. The van der Waals surface area contributed by atoms with Crippen LogP contribution in [-0.4, -0.2) is 31.0 Å². The molecular formula is C13H16ClFN2O3. The van der Waals surface area contributed by atoms with Crippen molar-refractivity contribution in [3.63, 3.8) is 0 Å². The summed E-state index contributed by atoms with van der Waals surface area (Å²) in [5, 5.41) is 4.98. The van der Waals surface area contributed by atoms with E-state index >= 15 is 0 Å². The van der Waals surface area contributed by atoms with Gasteiger partial charge in [0.15, 0.2) is 6.61 Å². The van der Waals surface area contributed by atoms with Crippen LogP contribution in [0.4, 0.5) is 4.39 Å². The minimum absolute atomic E-state index is 0.0846. The van der Waals surface area contributed by atoms with Crippen LogP contribution in [-0.2, 0) is 9.59 Å². The highest BCUT2D eigenvalue weighted by Crippen LogP contribution is 2.20. The van der Waals surface area contributed by atoms with Gasteiger partial charge in [0.1, 0.15) is 17.6 Å². The second-order valence-electron chi connectivity index (χ2n) is 4.05. The summed E-state index contributed by atoms with van der Waals surface area (Å²) in [6, 6.07) is 3.13. The quantitative estimate of drug-likeness (QED) is 0.837. The van der Waals surface area contributed by atoms with Crippen molar-refractivity contribution in [2.24, 2.45) is 0 Å². The zero-order valence-corrected chi connectivity index (χ0v) is 12.0. The topological polar surface area (TPSA) is 67.4 Å². The molecule has 1 aromatic rings. The number of likely N-dealkylation sites (N-methyl/N-ethyl adjacent to an activating group) is 1. The van der Waals surface area contributed by atoms with E-state index in [1.807, 2.05) is 0 Å². The van der Waals surface area contributed by atoms with Crippen LogP contribution in [0.1, 0.15) is 13.8 Å². The first-order chi connectivity index (χ1) is 9.43. The summed E-state index contributed by atoms with van der Waals surface area (Å²) >= 11 is 5.58. The molecule has 0 spiro atoms. The molecule has 7 heteroatoms. The minimum Gasteiger partial charge on any atom is -0.484 e. The molecule has 0 bridgehead atoms. The first-order valence-corrected chi connectivity index (χ1v) is 6.46. The zero-order valence-electron chi connectivity index (χ0n) is 11.2. The Morgan fingerprint density at radius 2 is 2.15 bits per heavy atom. The van der Waals surface area contributed by atoms with E-state index in [4.69, 9.17) is 16.3 Å². The summed E-state index contributed by atoms with van der Waals surface area (Å²) in [5.41, 5.74) is 0. The number of amides is 2. The standard InChI is InChI=1S/C13H16ClFN2O3/c1-3-16-13(19)8(2)17-12(18)7-20-9-4-5-11(15)10(14)6-9/h4-6,8H,3,7H2,1-2H3,(H,16,19)(H,17,18)/t8-/m1/s1. The van der Waals surface area contributed by atoms with Gasteiger partial charge >= 0.3 is 0 Å². The number of halogens is 2. The van der Waals surface area contributed by atoms with Crippen LogP contribution in [0.25, 0.3) is 0 Å². The second-order valence-corrected chi connectivity index (χ2v) is 4.46. The number of hydrogen-bond donors (Lipinski definition) is 2. The molecule has 0 saturated heterocycles. The van der Waals surface area contributed by atoms with Crippen LogP contribution in [0.2, 0.25) is 5.02 Å². The summed E-state index contributed by atoms with van der Waals surface area (Å²) in [7, 11) is 0. The summed E-state index contributed by atoms with van der Waals surface area (Å²) < 4.78 is 18.1. The lowest BCUT2D eigenvalue weighted by Gasteiger charge is -2.13. The lowest BCUT2D eigenvalue weighted by molar-refractivity contribution is -0.129. The highest BCUT2D eigenvalue weighted by Gasteiger charge is 2.14. The van der Waals surface area contributed by atoms with Crippen molar-refractivity contribution in [3.8, 4) is 5.75 Å². The fourth-order valence-electron chi connectivity index (χ4n) is 1.39. The Bertz CT molecular complexity index is 497. The molecule has 0 saturated carbocycles. The van der Waals surface area contributed by atoms with E-state index in [2.05, 4.69) is 10.6 Å². The Morgan fingerprint density at radius 3 is 2.75 bits per heavy atom. The largest absolute Gasteiger partial charge is 0.484 e. The van der Waals surface area contributed by atoms with Crippen LogP contribution in [0.15, 0.2) is 18.2 Å². The molecule has 1 rings (SSSR count). The Labute approximate surface area is 121 Å². The van der Waals surface area contributed by atoms with Gasteiger partial charge in [-0.2, -0.15) is 0 Å². The average Bonchev–Trinajstić information content (AvgIpc) is 2.40. The molecule has 5 nitrogen and oxygen atoms in total. The van der Waals surface area contributed by atoms with Crippen LogP contribution in [0.5, 0.6) is 5.75 Å². The fourth-order valence-corrected chi connectivity index (χ4v) is 1.56. The monoisotopic (exact) mass is 302 g/mol. The maximum Gasteiger partial charge on any atom is 0.258 e. The molecule has 0 aliphatic carbocycles. The molecule has 2 N–H and O–H groups in total. The maximum absolute atomic E-state index is 12.9. The highest BCUT2D eigenvalue weighted by atomic mass is 35.5. The molecule has 0 aliphatic rings. The van der Waals surface area contributed by atoms with Gasteiger partial charge in [-0.05, 0) is 26.0 Å². The van der Waals surface area contributed by atoms with Crippen molar-refractivity contribution in [2.45, 2.75) is 19.9 Å². The molecule has 0 fully saturated rings. The zero-order chi connectivity index (χ0) is 15.1. The third-order valence-electron chi connectivity index (χ3n) is 2.38. The van der Waals surface area contributed by atoms with Crippen molar-refractivity contribution >= 4 is 23.4 Å². The Morgan fingerprint density at radius 1 is 1.45 bits per heavy atom. The second kappa shape index (κ2) is 7.69. The summed E-state index contributed by atoms with van der Waals surface area (Å²) in [4.78, 5) is 23.0. The molecule has 0 radical (unpaired) electrons. The van der Waals surface area contributed by atoms with Crippen molar-refractivity contribution in [1.29, 1.82) is 0 Å². The summed E-state index contributed by atoms with van der Waals surface area (Å²) in [5.74, 6) is -1.01. The van der Waals surface area contributed by atoms with Gasteiger partial charge in [0, 0.05) is 12.6 Å². The van der Waals surface area contributed by atoms with Gasteiger partial charge in [0.2, 0.25) is 5.91 Å². The van der Waals surface area contributed by atoms with E-state index in [9.17, 15) is 14.0 Å². The predicted molar refractivity (Wildman–Crippen MR) is 73.2 cm³/mol. The Balaban J connectivity index is 2.43. The number of carbonyl (C=O) groups excluding carboxylic acids is 2. The van der Waals surface area contributed by atoms with Crippen LogP contribution < -0.4 is 15.4 Å². The molecule has 2 amide bonds. The number of carbonyl (C=O) groups is 2. The molecule has 20 heavy (non-hydrogen) atoms. The van der Waals surface area contributed by atoms with Crippen molar-refractivity contribution < 1.29 is 18.7 Å². The molecular weight excluding hydrogens is 287 g/mol. The third kappa shape index (κ3) is 5.05. The molecule has 0 heterocycles. The summed E-state index contributed by atoms with van der Waals surface area (Å²) in [6.45, 7) is 3.56. The first kappa shape index (κ1) is 16.2. The van der Waals surface area contributed by atoms with Crippen molar-refractivity contribution in [3.05, 3.63) is 29.0 Å². The van der Waals surface area contributed by atoms with Gasteiger partial charge in [-0.1, -0.05) is 11.6 Å². The van der Waals surface area contributed by atoms with Gasteiger partial charge < -0.3 is 15.4 Å². The smallest absolute Gasteiger partial charge is 0.258 e. The maximum atomic E-state index is 12.9. The minimum atomic E-state index is -0.650. The first-order valence-electron chi connectivity index (χ1n) is 6.09. The van der Waals surface area contributed by atoms with Crippen molar-refractivity contribution in [2.75, 3.05) is 13.2 Å². The number of benzene rings is 1. The SMILES string of the molecule is CCNC(=O)[C@@H](C)NC(=O)COc1ccc(F)c(Cl)c1. The van der Waals surface area contributed by atoms with E-state index in [0.717, 1.165) is 6.07 Å². The molecule has 0 aromatic heterocycles. The normalized spacial score (nSPS) is 11.6. The Kier molecular flexibility index (Phi) is 6.24. The fraction of sp³-hybridized carbons (Fsp3) is 0.385. The van der Waals surface area contributed by atoms with Crippen molar-refractivity contribution in [1.82, 2.24) is 10.6 Å². The molecule has 0 aliphatic heterocycles. The molecule has 0 unspecified atom stereocenters. The number of ether oxygens (including phenoxy) is 1. The van der Waals surface area contributed by atoms with Gasteiger partial charge in [-0.3, -0.25) is 9.59 Å². The number of rotatable bonds is 6. The van der Waals surface area contributed by atoms with Gasteiger partial charge in [-0.25, -0.2) is 4.39 Å². The van der Waals surface area contributed by atoms with Gasteiger partial charge in [-0.15, -0.1) is 0 Å². The van der Waals surface area contributed by atoms with Crippen LogP contribution in [0, 0.1) is 5.82 Å². The van der Waals surface area contributed by atoms with Crippen LogP contribution >= 0.6 is 11.6 Å². The lowest BCUT2D eigenvalue weighted by Crippen LogP contribution is -2.46. The predicted octanol–water partition coefficient (Wildman–Crippen LogP) is 1.50. The number of hydrogen-bond acceptors (Lipinski definition) is 3. The lowest BCUT2D eigenvalue weighted by atomic mass is 10.3. The molecule has 1 atom stereocenters. The third-order valence-corrected chi connectivity index (χ3v) is 2.67. The van der Waals surface area contributed by atoms with E-state index in [0.29, 0.717) is 6.54 Å². The molecule has 110 valence electrons. The Hall–Kier alpha value is -1.82. The van der Waals surface area contributed by atoms with Gasteiger partial charge in [0.25, 0.3) is 5.91 Å².